The highest BCUT2D eigenvalue weighted by Crippen LogP contribution is 2.47. The Labute approximate surface area is 312 Å². The lowest BCUT2D eigenvalue weighted by atomic mass is 9.35. The fraction of sp³-hybridized carbons (Fsp3) is 0. The summed E-state index contributed by atoms with van der Waals surface area (Å²) in [4.78, 5) is 0. The number of benzene rings is 9. The molecule has 2 aliphatic heterocycles. The first-order valence-corrected chi connectivity index (χ1v) is 18.5. The third-order valence-electron chi connectivity index (χ3n) is 11.5. The van der Waals surface area contributed by atoms with Gasteiger partial charge in [0.2, 0.25) is 0 Å². The lowest BCUT2D eigenvalue weighted by molar-refractivity contribution is 0.464. The number of para-hydroxylation sites is 4. The summed E-state index contributed by atoms with van der Waals surface area (Å²) in [5.74, 6) is 3.42. The molecule has 3 nitrogen and oxygen atoms in total. The average Bonchev–Trinajstić information content (AvgIpc) is 3.57. The lowest BCUT2D eigenvalue weighted by Gasteiger charge is -2.33. The van der Waals surface area contributed by atoms with E-state index in [0.29, 0.717) is 0 Å². The molecule has 0 spiro atoms. The topological polar surface area (TPSA) is 23.4 Å². The van der Waals surface area contributed by atoms with Crippen LogP contribution in [-0.4, -0.2) is 11.3 Å². The molecule has 0 atom stereocenters. The first-order valence-electron chi connectivity index (χ1n) is 18.5. The molecule has 0 aliphatic carbocycles. The van der Waals surface area contributed by atoms with Crippen molar-refractivity contribution in [1.29, 1.82) is 0 Å². The maximum absolute atomic E-state index is 6.79. The fourth-order valence-corrected chi connectivity index (χ4v) is 9.33. The van der Waals surface area contributed by atoms with Crippen LogP contribution in [0, 0.1) is 0 Å². The molecule has 4 heteroatoms. The normalized spacial score (nSPS) is 12.7. The minimum atomic E-state index is 0.0218. The second kappa shape index (κ2) is 11.2. The molecule has 9 aromatic carbocycles. The molecule has 0 fully saturated rings. The van der Waals surface area contributed by atoms with Crippen molar-refractivity contribution in [1.82, 2.24) is 4.57 Å². The fourth-order valence-electron chi connectivity index (χ4n) is 9.33. The van der Waals surface area contributed by atoms with Crippen LogP contribution in [0.1, 0.15) is 0 Å². The molecule has 3 heterocycles. The van der Waals surface area contributed by atoms with E-state index in [1.165, 1.54) is 54.6 Å². The molecule has 0 N–H and O–H groups in total. The maximum Gasteiger partial charge on any atom is 0.260 e. The summed E-state index contributed by atoms with van der Waals surface area (Å²) in [7, 11) is 0. The van der Waals surface area contributed by atoms with Crippen LogP contribution in [0.25, 0.3) is 71.3 Å². The van der Waals surface area contributed by atoms with E-state index in [2.05, 4.69) is 187 Å². The zero-order valence-electron chi connectivity index (χ0n) is 29.2. The molecule has 10 aromatic rings. The van der Waals surface area contributed by atoms with Crippen LogP contribution in [0.15, 0.2) is 182 Å². The molecule has 0 unspecified atom stereocenters. The number of hydrogen-bond donors (Lipinski definition) is 0. The van der Waals surface area contributed by atoms with Crippen molar-refractivity contribution in [2.24, 2.45) is 0 Å². The number of hydrogen-bond acceptors (Lipinski definition) is 2. The molecule has 54 heavy (non-hydrogen) atoms. The third-order valence-corrected chi connectivity index (χ3v) is 11.5. The highest BCUT2D eigenvalue weighted by Gasteiger charge is 2.40. The van der Waals surface area contributed by atoms with Crippen LogP contribution < -0.4 is 25.9 Å². The van der Waals surface area contributed by atoms with Crippen molar-refractivity contribution in [3.63, 3.8) is 0 Å². The van der Waals surface area contributed by atoms with E-state index in [1.54, 1.807) is 0 Å². The van der Waals surface area contributed by atoms with Gasteiger partial charge in [-0.3, -0.25) is 0 Å². The van der Waals surface area contributed by atoms with Crippen molar-refractivity contribution in [2.75, 3.05) is 0 Å². The Balaban J connectivity index is 1.19. The van der Waals surface area contributed by atoms with Gasteiger partial charge in [-0.05, 0) is 67.4 Å². The summed E-state index contributed by atoms with van der Waals surface area (Å²) >= 11 is 0. The van der Waals surface area contributed by atoms with Crippen LogP contribution in [0.2, 0.25) is 0 Å². The summed E-state index contributed by atoms with van der Waals surface area (Å²) < 4.78 is 16.0. The number of aromatic nitrogens is 1. The SMILES string of the molecule is c1ccc(-c2c3ccccc3c(-c3cccc4c5ccccc5n(-c5cc6c7c(c5)Oc5ccccc5B7c5ccccc5O6)c34)c3ccccc23)cc1. The van der Waals surface area contributed by atoms with Crippen molar-refractivity contribution in [3.8, 4) is 50.9 Å². The molecule has 0 radical (unpaired) electrons. The minimum absolute atomic E-state index is 0.0218. The maximum atomic E-state index is 6.79. The smallest absolute Gasteiger partial charge is 0.260 e. The molecular formula is C50H30BNO2. The third kappa shape index (κ3) is 4.08. The molecule has 0 saturated carbocycles. The Kier molecular flexibility index (Phi) is 6.14. The second-order valence-corrected chi connectivity index (χ2v) is 14.3. The van der Waals surface area contributed by atoms with E-state index >= 15 is 0 Å². The van der Waals surface area contributed by atoms with Gasteiger partial charge in [-0.25, -0.2) is 0 Å². The van der Waals surface area contributed by atoms with Gasteiger partial charge < -0.3 is 14.0 Å². The van der Waals surface area contributed by atoms with Gasteiger partial charge in [-0.15, -0.1) is 0 Å². The summed E-state index contributed by atoms with van der Waals surface area (Å²) in [6.07, 6.45) is 0. The Morgan fingerprint density at radius 1 is 0.389 bits per heavy atom. The summed E-state index contributed by atoms with van der Waals surface area (Å²) in [5, 5.41) is 7.32. The standard InChI is InChI=1S/C50H30BNO2/c1-2-15-31(16-3-1)47-34-18-4-6-20-36(34)48(37-21-7-5-19-35(37)47)39-23-14-22-38-33-17-8-11-26-42(33)52(50(38)39)32-29-45-49-46(30-32)54-44-28-13-10-25-41(44)51(49)40-24-9-12-27-43(40)53-45/h1-30H. The Hall–Kier alpha value is -7.04. The number of ether oxygens (including phenoxy) is 2. The minimum Gasteiger partial charge on any atom is -0.458 e. The van der Waals surface area contributed by atoms with Gasteiger partial charge in [0.15, 0.2) is 0 Å². The van der Waals surface area contributed by atoms with E-state index in [1.807, 2.05) is 0 Å². The van der Waals surface area contributed by atoms with Crippen molar-refractivity contribution in [3.05, 3.63) is 182 Å². The largest absolute Gasteiger partial charge is 0.458 e. The van der Waals surface area contributed by atoms with E-state index in [-0.39, 0.29) is 6.71 Å². The Bertz CT molecular complexity index is 3050. The van der Waals surface area contributed by atoms with E-state index < -0.39 is 0 Å². The zero-order valence-corrected chi connectivity index (χ0v) is 29.2. The molecule has 0 bridgehead atoms. The van der Waals surface area contributed by atoms with Gasteiger partial charge >= 0.3 is 0 Å². The second-order valence-electron chi connectivity index (χ2n) is 14.3. The van der Waals surface area contributed by atoms with E-state index in [9.17, 15) is 0 Å². The van der Waals surface area contributed by atoms with Crippen LogP contribution in [0.3, 0.4) is 0 Å². The van der Waals surface area contributed by atoms with Gasteiger partial charge in [0.05, 0.1) is 16.7 Å². The van der Waals surface area contributed by atoms with Crippen molar-refractivity contribution < 1.29 is 9.47 Å². The van der Waals surface area contributed by atoms with E-state index in [0.717, 1.165) is 56.1 Å². The molecule has 0 saturated heterocycles. The van der Waals surface area contributed by atoms with E-state index in [4.69, 9.17) is 9.47 Å². The highest BCUT2D eigenvalue weighted by molar-refractivity contribution is 6.98. The summed E-state index contributed by atoms with van der Waals surface area (Å²) in [6, 6.07) is 65.3. The molecule has 12 rings (SSSR count). The molecule has 0 amide bonds. The number of nitrogens with zero attached hydrogens (tertiary/aromatic N) is 1. The predicted molar refractivity (Wildman–Crippen MR) is 224 cm³/mol. The lowest BCUT2D eigenvalue weighted by Crippen LogP contribution is -2.57. The first kappa shape index (κ1) is 29.5. The van der Waals surface area contributed by atoms with Gasteiger partial charge in [-0.1, -0.05) is 152 Å². The zero-order chi connectivity index (χ0) is 35.3. The molecule has 250 valence electrons. The molecule has 2 aliphatic rings. The van der Waals surface area contributed by atoms with Gasteiger partial charge in [-0.2, -0.15) is 0 Å². The Morgan fingerprint density at radius 2 is 0.889 bits per heavy atom. The van der Waals surface area contributed by atoms with Crippen LogP contribution in [0.5, 0.6) is 23.0 Å². The first-order chi connectivity index (χ1) is 26.8. The van der Waals surface area contributed by atoms with Crippen molar-refractivity contribution in [2.45, 2.75) is 0 Å². The number of fused-ring (bicyclic) bond motifs is 9. The molecule has 1 aromatic heterocycles. The average molecular weight is 688 g/mol. The van der Waals surface area contributed by atoms with Crippen LogP contribution in [-0.2, 0) is 0 Å². The molecular weight excluding hydrogens is 657 g/mol. The number of rotatable bonds is 3. The quantitative estimate of drug-likeness (QED) is 0.136. The van der Waals surface area contributed by atoms with Gasteiger partial charge in [0.1, 0.15) is 23.0 Å². The van der Waals surface area contributed by atoms with Crippen molar-refractivity contribution >= 4 is 66.5 Å². The van der Waals surface area contributed by atoms with Gasteiger partial charge in [0, 0.05) is 33.9 Å². The van der Waals surface area contributed by atoms with Gasteiger partial charge in [0.25, 0.3) is 6.71 Å². The monoisotopic (exact) mass is 687 g/mol. The highest BCUT2D eigenvalue weighted by atomic mass is 16.5. The van der Waals surface area contributed by atoms with Crippen LogP contribution in [0.4, 0.5) is 0 Å². The predicted octanol–water partition coefficient (Wildman–Crippen LogP) is 11.2. The summed E-state index contributed by atoms with van der Waals surface area (Å²) in [5.41, 5.74) is 11.5. The Morgan fingerprint density at radius 3 is 1.52 bits per heavy atom. The summed E-state index contributed by atoms with van der Waals surface area (Å²) in [6.45, 7) is 0.0218. The van der Waals surface area contributed by atoms with Crippen LogP contribution >= 0.6 is 0 Å².